The average Bonchev–Trinajstić information content (AvgIpc) is 2.89. The van der Waals surface area contributed by atoms with Gasteiger partial charge in [-0.15, -0.1) is 11.3 Å². The summed E-state index contributed by atoms with van der Waals surface area (Å²) in [5.74, 6) is -1.52. The summed E-state index contributed by atoms with van der Waals surface area (Å²) in [6, 6.07) is 4.59. The van der Waals surface area contributed by atoms with E-state index in [1.54, 1.807) is 6.92 Å². The molecular formula is C17H12ClF3N2O3S. The number of nitrogens with zero attached hydrogens (tertiary/aromatic N) is 1. The molecule has 0 atom stereocenters. The number of halogens is 4. The lowest BCUT2D eigenvalue weighted by molar-refractivity contribution is -0.137. The number of alkyl halides is 3. The molecule has 0 unspecified atom stereocenters. The first-order valence-corrected chi connectivity index (χ1v) is 8.68. The van der Waals surface area contributed by atoms with Crippen molar-refractivity contribution in [1.82, 2.24) is 0 Å². The molecular weight excluding hydrogens is 405 g/mol. The van der Waals surface area contributed by atoms with Gasteiger partial charge in [0.15, 0.2) is 0 Å². The van der Waals surface area contributed by atoms with E-state index in [0.717, 1.165) is 23.5 Å². The van der Waals surface area contributed by atoms with Gasteiger partial charge in [-0.3, -0.25) is 4.79 Å². The summed E-state index contributed by atoms with van der Waals surface area (Å²) in [5.41, 5.74) is -1.07. The lowest BCUT2D eigenvalue weighted by Gasteiger charge is -2.11. The molecule has 0 radical (unpaired) electrons. The molecule has 2 aromatic rings. The highest BCUT2D eigenvalue weighted by Crippen LogP contribution is 2.36. The normalized spacial score (nSPS) is 11.0. The van der Waals surface area contributed by atoms with Crippen molar-refractivity contribution >= 4 is 39.8 Å². The Morgan fingerprint density at radius 3 is 2.59 bits per heavy atom. The molecule has 1 heterocycles. The van der Waals surface area contributed by atoms with Gasteiger partial charge in [-0.1, -0.05) is 11.6 Å². The van der Waals surface area contributed by atoms with Crippen LogP contribution < -0.4 is 5.32 Å². The smallest absolute Gasteiger partial charge is 0.417 e. The minimum Gasteiger partial charge on any atom is -0.462 e. The van der Waals surface area contributed by atoms with E-state index in [1.807, 2.05) is 6.07 Å². The number of nitrogens with one attached hydrogen (secondary N) is 1. The summed E-state index contributed by atoms with van der Waals surface area (Å²) in [6.07, 6.45) is -4.72. The maximum absolute atomic E-state index is 12.9. The number of carbonyl (C=O) groups is 2. The third-order valence-electron chi connectivity index (χ3n) is 3.48. The maximum Gasteiger partial charge on any atom is 0.417 e. The highest BCUT2D eigenvalue weighted by Gasteiger charge is 2.34. The van der Waals surface area contributed by atoms with Crippen LogP contribution in [-0.2, 0) is 10.9 Å². The van der Waals surface area contributed by atoms with E-state index in [-0.39, 0.29) is 27.6 Å². The van der Waals surface area contributed by atoms with Gasteiger partial charge in [-0.05, 0) is 37.6 Å². The Bertz CT molecular complexity index is 948. The van der Waals surface area contributed by atoms with E-state index in [1.165, 1.54) is 6.92 Å². The summed E-state index contributed by atoms with van der Waals surface area (Å²) in [5, 5.41) is 11.2. The van der Waals surface area contributed by atoms with Crippen LogP contribution in [-0.4, -0.2) is 18.5 Å². The molecule has 0 bridgehead atoms. The molecule has 1 amide bonds. The first-order chi connectivity index (χ1) is 12.6. The van der Waals surface area contributed by atoms with Gasteiger partial charge in [-0.2, -0.15) is 18.4 Å². The van der Waals surface area contributed by atoms with Crippen molar-refractivity contribution in [1.29, 1.82) is 5.26 Å². The number of hydrogen-bond donors (Lipinski definition) is 1. The van der Waals surface area contributed by atoms with Crippen molar-refractivity contribution < 1.29 is 27.5 Å². The van der Waals surface area contributed by atoms with E-state index >= 15 is 0 Å². The predicted molar refractivity (Wildman–Crippen MR) is 94.1 cm³/mol. The molecule has 1 aromatic heterocycles. The zero-order valence-corrected chi connectivity index (χ0v) is 15.6. The lowest BCUT2D eigenvalue weighted by Crippen LogP contribution is -2.14. The minimum atomic E-state index is -4.72. The standard InChI is InChI=1S/C17H12ClF3N2O3S/c1-3-26-16(25)13-8(2)10(7-22)15(27-13)23-14(24)9-4-5-12(18)11(6-9)17(19,20)21/h4-6H,3H2,1-2H3,(H,23,24). The van der Waals surface area contributed by atoms with Crippen LogP contribution in [0.1, 0.15) is 43.6 Å². The number of anilines is 1. The monoisotopic (exact) mass is 416 g/mol. The minimum absolute atomic E-state index is 0.0430. The molecule has 2 rings (SSSR count). The van der Waals surface area contributed by atoms with Gasteiger partial charge in [-0.25, -0.2) is 4.79 Å². The lowest BCUT2D eigenvalue weighted by atomic mass is 10.1. The van der Waals surface area contributed by atoms with Crippen molar-refractivity contribution in [2.45, 2.75) is 20.0 Å². The van der Waals surface area contributed by atoms with E-state index in [9.17, 15) is 28.0 Å². The third kappa shape index (κ3) is 4.40. The van der Waals surface area contributed by atoms with Gasteiger partial charge >= 0.3 is 12.1 Å². The summed E-state index contributed by atoms with van der Waals surface area (Å²) >= 11 is 6.36. The van der Waals surface area contributed by atoms with Gasteiger partial charge in [0.05, 0.1) is 22.8 Å². The highest BCUT2D eigenvalue weighted by atomic mass is 35.5. The van der Waals surface area contributed by atoms with E-state index < -0.39 is 28.6 Å². The van der Waals surface area contributed by atoms with Crippen LogP contribution in [0.5, 0.6) is 0 Å². The summed E-state index contributed by atoms with van der Waals surface area (Å²) in [4.78, 5) is 24.4. The first kappa shape index (κ1) is 20.7. The van der Waals surface area contributed by atoms with Crippen LogP contribution in [0.4, 0.5) is 18.2 Å². The molecule has 0 saturated heterocycles. The number of esters is 1. The largest absolute Gasteiger partial charge is 0.462 e. The number of nitriles is 1. The van der Waals surface area contributed by atoms with Crippen molar-refractivity contribution in [2.24, 2.45) is 0 Å². The summed E-state index contributed by atoms with van der Waals surface area (Å²) < 4.78 is 43.7. The number of amides is 1. The molecule has 0 spiro atoms. The van der Waals surface area contributed by atoms with Gasteiger partial charge in [0.1, 0.15) is 15.9 Å². The third-order valence-corrected chi connectivity index (χ3v) is 5.00. The topological polar surface area (TPSA) is 79.2 Å². The fourth-order valence-electron chi connectivity index (χ4n) is 2.19. The maximum atomic E-state index is 12.9. The number of thiophene rings is 1. The SMILES string of the molecule is CCOC(=O)c1sc(NC(=O)c2ccc(Cl)c(C(F)(F)F)c2)c(C#N)c1C. The molecule has 1 aromatic carbocycles. The molecule has 0 aliphatic heterocycles. The zero-order chi connectivity index (χ0) is 20.4. The number of rotatable bonds is 4. The number of ether oxygens (including phenoxy) is 1. The van der Waals surface area contributed by atoms with Gasteiger partial charge in [0.2, 0.25) is 0 Å². The number of hydrogen-bond acceptors (Lipinski definition) is 5. The van der Waals surface area contributed by atoms with Crippen LogP contribution >= 0.6 is 22.9 Å². The Balaban J connectivity index is 2.38. The quantitative estimate of drug-likeness (QED) is 0.709. The highest BCUT2D eigenvalue weighted by molar-refractivity contribution is 7.18. The van der Waals surface area contributed by atoms with E-state index in [0.29, 0.717) is 11.6 Å². The van der Waals surface area contributed by atoms with E-state index in [4.69, 9.17) is 16.3 Å². The van der Waals surface area contributed by atoms with Crippen LogP contribution in [0.15, 0.2) is 18.2 Å². The molecule has 0 aliphatic carbocycles. The first-order valence-electron chi connectivity index (χ1n) is 7.48. The Kier molecular flexibility index (Phi) is 6.13. The molecule has 0 aliphatic rings. The van der Waals surface area contributed by atoms with Gasteiger partial charge < -0.3 is 10.1 Å². The number of benzene rings is 1. The van der Waals surface area contributed by atoms with Crippen LogP contribution in [0.2, 0.25) is 5.02 Å². The van der Waals surface area contributed by atoms with Crippen molar-refractivity contribution in [3.8, 4) is 6.07 Å². The van der Waals surface area contributed by atoms with Gasteiger partial charge in [0.25, 0.3) is 5.91 Å². The summed E-state index contributed by atoms with van der Waals surface area (Å²) in [6.45, 7) is 3.26. The zero-order valence-electron chi connectivity index (χ0n) is 14.0. The van der Waals surface area contributed by atoms with Crippen LogP contribution in [0.25, 0.3) is 0 Å². The molecule has 142 valence electrons. The van der Waals surface area contributed by atoms with Crippen molar-refractivity contribution in [3.63, 3.8) is 0 Å². The Morgan fingerprint density at radius 2 is 2.04 bits per heavy atom. The second kappa shape index (κ2) is 7.98. The van der Waals surface area contributed by atoms with E-state index in [2.05, 4.69) is 5.32 Å². The average molecular weight is 417 g/mol. The molecule has 27 heavy (non-hydrogen) atoms. The molecule has 0 saturated carbocycles. The fourth-order valence-corrected chi connectivity index (χ4v) is 3.46. The summed E-state index contributed by atoms with van der Waals surface area (Å²) in [7, 11) is 0. The molecule has 5 nitrogen and oxygen atoms in total. The molecule has 0 fully saturated rings. The molecule has 1 N–H and O–H groups in total. The van der Waals surface area contributed by atoms with Crippen LogP contribution in [0.3, 0.4) is 0 Å². The Hall–Kier alpha value is -2.57. The number of carbonyl (C=O) groups excluding carboxylic acids is 2. The second-order valence-electron chi connectivity index (χ2n) is 5.24. The van der Waals surface area contributed by atoms with Crippen LogP contribution in [0, 0.1) is 18.3 Å². The Morgan fingerprint density at radius 1 is 1.37 bits per heavy atom. The van der Waals surface area contributed by atoms with Gasteiger partial charge in [0, 0.05) is 5.56 Å². The second-order valence-corrected chi connectivity index (χ2v) is 6.67. The van der Waals surface area contributed by atoms with Crippen molar-refractivity contribution in [3.05, 3.63) is 50.4 Å². The predicted octanol–water partition coefficient (Wildman–Crippen LogP) is 5.03. The Labute approximate surface area is 161 Å². The molecule has 10 heteroatoms. The van der Waals surface area contributed by atoms with Crippen molar-refractivity contribution in [2.75, 3.05) is 11.9 Å². The fraction of sp³-hybridized carbons (Fsp3) is 0.235.